The van der Waals surface area contributed by atoms with Gasteiger partial charge in [0.05, 0.1) is 18.2 Å². The average molecular weight is 283 g/mol. The first-order chi connectivity index (χ1) is 9.11. The molecular formula is C14H19ClN2O2. The van der Waals surface area contributed by atoms with Gasteiger partial charge in [-0.15, -0.1) is 0 Å². The number of piperidine rings is 1. The molecule has 5 heteroatoms. The van der Waals surface area contributed by atoms with Gasteiger partial charge in [0.2, 0.25) is 5.91 Å². The van der Waals surface area contributed by atoms with Crippen molar-refractivity contribution in [3.8, 4) is 5.75 Å². The zero-order valence-electron chi connectivity index (χ0n) is 11.3. The van der Waals surface area contributed by atoms with Crippen LogP contribution in [0.5, 0.6) is 5.75 Å². The summed E-state index contributed by atoms with van der Waals surface area (Å²) in [6.07, 6.45) is 3.17. The van der Waals surface area contributed by atoms with Gasteiger partial charge in [0.25, 0.3) is 0 Å². The van der Waals surface area contributed by atoms with Crippen LogP contribution >= 0.6 is 11.6 Å². The van der Waals surface area contributed by atoms with Gasteiger partial charge in [-0.05, 0) is 44.6 Å². The zero-order chi connectivity index (χ0) is 13.8. The molecule has 1 atom stereocenters. The molecule has 2 rings (SSSR count). The lowest BCUT2D eigenvalue weighted by atomic mass is 10.0. The molecule has 1 unspecified atom stereocenters. The van der Waals surface area contributed by atoms with Crippen molar-refractivity contribution in [1.29, 1.82) is 0 Å². The molecule has 1 amide bonds. The number of methoxy groups -OCH3 is 1. The van der Waals surface area contributed by atoms with Gasteiger partial charge in [-0.25, -0.2) is 0 Å². The first kappa shape index (κ1) is 14.2. The van der Waals surface area contributed by atoms with Crippen LogP contribution in [0.3, 0.4) is 0 Å². The van der Waals surface area contributed by atoms with Gasteiger partial charge in [-0.1, -0.05) is 18.0 Å². The first-order valence-electron chi connectivity index (χ1n) is 6.46. The molecular weight excluding hydrogens is 264 g/mol. The number of ether oxygens (including phenoxy) is 1. The number of nitrogens with zero attached hydrogens (tertiary/aromatic N) is 1. The SMILES string of the molecule is COc1ccc(NC(=O)C2CCCCN2C)cc1Cl. The maximum absolute atomic E-state index is 12.2. The number of hydrogen-bond donors (Lipinski definition) is 1. The smallest absolute Gasteiger partial charge is 0.241 e. The molecule has 1 saturated heterocycles. The molecule has 19 heavy (non-hydrogen) atoms. The number of benzene rings is 1. The fourth-order valence-corrected chi connectivity index (χ4v) is 2.63. The number of nitrogens with one attached hydrogen (secondary N) is 1. The predicted octanol–water partition coefficient (Wildman–Crippen LogP) is 2.77. The third-order valence-electron chi connectivity index (χ3n) is 3.49. The molecule has 0 spiro atoms. The van der Waals surface area contributed by atoms with E-state index < -0.39 is 0 Å². The molecule has 0 aromatic heterocycles. The largest absolute Gasteiger partial charge is 0.495 e. The minimum absolute atomic E-state index is 0.0310. The van der Waals surface area contributed by atoms with Crippen LogP contribution in [0.1, 0.15) is 19.3 Å². The van der Waals surface area contributed by atoms with Gasteiger partial charge in [0.15, 0.2) is 0 Å². The van der Waals surface area contributed by atoms with E-state index in [2.05, 4.69) is 10.2 Å². The number of likely N-dealkylation sites (N-methyl/N-ethyl adjacent to an activating group) is 1. The van der Waals surface area contributed by atoms with Crippen LogP contribution in [0.15, 0.2) is 18.2 Å². The van der Waals surface area contributed by atoms with Crippen molar-refractivity contribution in [3.05, 3.63) is 23.2 Å². The predicted molar refractivity (Wildman–Crippen MR) is 76.9 cm³/mol. The maximum atomic E-state index is 12.2. The Balaban J connectivity index is 2.04. The highest BCUT2D eigenvalue weighted by molar-refractivity contribution is 6.32. The van der Waals surface area contributed by atoms with E-state index in [1.54, 1.807) is 25.3 Å². The Hall–Kier alpha value is -1.26. The number of halogens is 1. The number of rotatable bonds is 3. The van der Waals surface area contributed by atoms with Gasteiger partial charge in [0.1, 0.15) is 5.75 Å². The Labute approximate surface area is 118 Å². The molecule has 0 radical (unpaired) electrons. The van der Waals surface area contributed by atoms with Gasteiger partial charge < -0.3 is 10.1 Å². The molecule has 4 nitrogen and oxygen atoms in total. The summed E-state index contributed by atoms with van der Waals surface area (Å²) in [5.41, 5.74) is 0.703. The standard InChI is InChI=1S/C14H19ClN2O2/c1-17-8-4-3-5-12(17)14(18)16-10-6-7-13(19-2)11(15)9-10/h6-7,9,12H,3-5,8H2,1-2H3,(H,16,18). The van der Waals surface area contributed by atoms with Crippen LogP contribution in [-0.2, 0) is 4.79 Å². The third-order valence-corrected chi connectivity index (χ3v) is 3.79. The number of anilines is 1. The molecule has 1 N–H and O–H groups in total. The molecule has 0 bridgehead atoms. The second kappa shape index (κ2) is 6.26. The molecule has 1 aromatic carbocycles. The summed E-state index contributed by atoms with van der Waals surface area (Å²) < 4.78 is 5.09. The maximum Gasteiger partial charge on any atom is 0.241 e. The summed E-state index contributed by atoms with van der Waals surface area (Å²) in [5, 5.41) is 3.41. The third kappa shape index (κ3) is 3.39. The number of hydrogen-bond acceptors (Lipinski definition) is 3. The van der Waals surface area contributed by atoms with E-state index in [1.165, 1.54) is 0 Å². The molecule has 1 aromatic rings. The van der Waals surface area contributed by atoms with E-state index in [-0.39, 0.29) is 11.9 Å². The summed E-state index contributed by atoms with van der Waals surface area (Å²) in [6.45, 7) is 0.974. The topological polar surface area (TPSA) is 41.6 Å². The lowest BCUT2D eigenvalue weighted by Gasteiger charge is -2.31. The summed E-state index contributed by atoms with van der Waals surface area (Å²) >= 11 is 6.04. The fourth-order valence-electron chi connectivity index (χ4n) is 2.38. The summed E-state index contributed by atoms with van der Waals surface area (Å²) in [7, 11) is 3.56. The highest BCUT2D eigenvalue weighted by atomic mass is 35.5. The van der Waals surface area contributed by atoms with Gasteiger partial charge in [-0.3, -0.25) is 9.69 Å². The quantitative estimate of drug-likeness (QED) is 0.927. The van der Waals surface area contributed by atoms with Crippen molar-refractivity contribution in [2.75, 3.05) is 26.0 Å². The van der Waals surface area contributed by atoms with E-state index in [9.17, 15) is 4.79 Å². The summed E-state index contributed by atoms with van der Waals surface area (Å²) in [4.78, 5) is 14.3. The Bertz CT molecular complexity index is 465. The van der Waals surface area contributed by atoms with Crippen LogP contribution in [0, 0.1) is 0 Å². The van der Waals surface area contributed by atoms with Crippen molar-refractivity contribution >= 4 is 23.2 Å². The van der Waals surface area contributed by atoms with Crippen LogP contribution in [-0.4, -0.2) is 37.6 Å². The van der Waals surface area contributed by atoms with E-state index in [4.69, 9.17) is 16.3 Å². The first-order valence-corrected chi connectivity index (χ1v) is 6.84. The highest BCUT2D eigenvalue weighted by Gasteiger charge is 2.25. The van der Waals surface area contributed by atoms with Crippen LogP contribution in [0.4, 0.5) is 5.69 Å². The van der Waals surface area contributed by atoms with E-state index >= 15 is 0 Å². The summed E-state index contributed by atoms with van der Waals surface area (Å²) in [5.74, 6) is 0.637. The van der Waals surface area contributed by atoms with E-state index in [0.717, 1.165) is 25.8 Å². The Morgan fingerprint density at radius 3 is 2.89 bits per heavy atom. The minimum atomic E-state index is -0.0466. The molecule has 1 aliphatic rings. The fraction of sp³-hybridized carbons (Fsp3) is 0.500. The van der Waals surface area contributed by atoms with Crippen LogP contribution < -0.4 is 10.1 Å². The van der Waals surface area contributed by atoms with Gasteiger partial charge in [-0.2, -0.15) is 0 Å². The monoisotopic (exact) mass is 282 g/mol. The lowest BCUT2D eigenvalue weighted by molar-refractivity contribution is -0.121. The Morgan fingerprint density at radius 1 is 1.47 bits per heavy atom. The van der Waals surface area contributed by atoms with Crippen molar-refractivity contribution in [2.45, 2.75) is 25.3 Å². The minimum Gasteiger partial charge on any atom is -0.495 e. The second-order valence-electron chi connectivity index (χ2n) is 4.83. The average Bonchev–Trinajstić information content (AvgIpc) is 2.39. The Kier molecular flexibility index (Phi) is 4.66. The Morgan fingerprint density at radius 2 is 2.26 bits per heavy atom. The van der Waals surface area contributed by atoms with E-state index in [1.807, 2.05) is 7.05 Å². The molecule has 1 fully saturated rings. The van der Waals surface area contributed by atoms with Crippen molar-refractivity contribution < 1.29 is 9.53 Å². The second-order valence-corrected chi connectivity index (χ2v) is 5.24. The van der Waals surface area contributed by atoms with Crippen LogP contribution in [0.2, 0.25) is 5.02 Å². The number of carbonyl (C=O) groups is 1. The molecule has 1 heterocycles. The molecule has 0 saturated carbocycles. The van der Waals surface area contributed by atoms with Crippen molar-refractivity contribution in [2.24, 2.45) is 0 Å². The van der Waals surface area contributed by atoms with E-state index in [0.29, 0.717) is 16.5 Å². The van der Waals surface area contributed by atoms with Crippen molar-refractivity contribution in [1.82, 2.24) is 4.90 Å². The molecule has 104 valence electrons. The van der Waals surface area contributed by atoms with Crippen molar-refractivity contribution in [3.63, 3.8) is 0 Å². The van der Waals surface area contributed by atoms with Crippen LogP contribution in [0.25, 0.3) is 0 Å². The molecule has 0 aliphatic carbocycles. The summed E-state index contributed by atoms with van der Waals surface area (Å²) in [6, 6.07) is 5.21. The van der Waals surface area contributed by atoms with Gasteiger partial charge in [0, 0.05) is 5.69 Å². The lowest BCUT2D eigenvalue weighted by Crippen LogP contribution is -2.44. The number of amides is 1. The molecule has 1 aliphatic heterocycles. The van der Waals surface area contributed by atoms with Gasteiger partial charge >= 0.3 is 0 Å². The normalized spacial score (nSPS) is 20.1. The number of carbonyl (C=O) groups excluding carboxylic acids is 1. The highest BCUT2D eigenvalue weighted by Crippen LogP contribution is 2.27. The zero-order valence-corrected chi connectivity index (χ0v) is 12.0. The number of likely N-dealkylation sites (tertiary alicyclic amines) is 1.